The fourth-order valence-electron chi connectivity index (χ4n) is 3.52. The molecule has 152 valence electrons. The Bertz CT molecular complexity index is 1170. The average molecular weight is 433 g/mol. The molecule has 1 atom stereocenters. The van der Waals surface area contributed by atoms with E-state index >= 15 is 0 Å². The number of nitrogens with one attached hydrogen (secondary N) is 1. The van der Waals surface area contributed by atoms with Gasteiger partial charge >= 0.3 is 0 Å². The van der Waals surface area contributed by atoms with Gasteiger partial charge in [-0.1, -0.05) is 29.8 Å². The summed E-state index contributed by atoms with van der Waals surface area (Å²) in [5.41, 5.74) is 0.805. The van der Waals surface area contributed by atoms with E-state index in [0.717, 1.165) is 18.2 Å². The third-order valence-electron chi connectivity index (χ3n) is 5.06. The first kappa shape index (κ1) is 20.1. The van der Waals surface area contributed by atoms with Gasteiger partial charge in [-0.2, -0.15) is 4.31 Å². The number of rotatable bonds is 6. The molecule has 29 heavy (non-hydrogen) atoms. The van der Waals surface area contributed by atoms with Crippen LogP contribution in [0.3, 0.4) is 0 Å². The number of halogens is 1. The Morgan fingerprint density at radius 1 is 1.14 bits per heavy atom. The maximum Gasteiger partial charge on any atom is 0.252 e. The molecule has 0 amide bonds. The molecule has 8 heteroatoms. The molecule has 2 aromatic carbocycles. The normalized spacial score (nSPS) is 17.2. The molecular formula is C21H21ClN2O4S. The number of benzene rings is 2. The predicted octanol–water partition coefficient (Wildman–Crippen LogP) is 3.55. The van der Waals surface area contributed by atoms with Crippen molar-refractivity contribution in [3.63, 3.8) is 0 Å². The number of hydrogen-bond acceptors (Lipinski definition) is 4. The number of nitrogens with zero attached hydrogens (tertiary/aromatic N) is 1. The van der Waals surface area contributed by atoms with Gasteiger partial charge in [0, 0.05) is 35.8 Å². The fourth-order valence-corrected chi connectivity index (χ4v) is 5.09. The monoisotopic (exact) mass is 432 g/mol. The van der Waals surface area contributed by atoms with E-state index in [1.807, 2.05) is 24.3 Å². The predicted molar refractivity (Wildman–Crippen MR) is 113 cm³/mol. The van der Waals surface area contributed by atoms with E-state index in [4.69, 9.17) is 16.3 Å². The first-order valence-electron chi connectivity index (χ1n) is 9.42. The molecule has 6 nitrogen and oxygen atoms in total. The van der Waals surface area contributed by atoms with E-state index in [2.05, 4.69) is 4.98 Å². The molecule has 2 heterocycles. The summed E-state index contributed by atoms with van der Waals surface area (Å²) in [6.45, 7) is 0.776. The van der Waals surface area contributed by atoms with Gasteiger partial charge in [-0.15, -0.1) is 0 Å². The lowest BCUT2D eigenvalue weighted by atomic mass is 10.1. The zero-order valence-electron chi connectivity index (χ0n) is 15.7. The Morgan fingerprint density at radius 3 is 2.62 bits per heavy atom. The lowest BCUT2D eigenvalue weighted by molar-refractivity contribution is 0.0925. The van der Waals surface area contributed by atoms with Crippen molar-refractivity contribution in [2.45, 2.75) is 30.4 Å². The highest BCUT2D eigenvalue weighted by molar-refractivity contribution is 7.89. The third-order valence-corrected chi connectivity index (χ3v) is 7.14. The van der Waals surface area contributed by atoms with Crippen LogP contribution in [0, 0.1) is 0 Å². The van der Waals surface area contributed by atoms with Crippen LogP contribution in [0.2, 0.25) is 5.02 Å². The summed E-state index contributed by atoms with van der Waals surface area (Å²) >= 11 is 5.91. The molecule has 0 saturated carbocycles. The molecule has 1 aliphatic rings. The standard InChI is InChI=1S/C21H21ClN2O4S/c22-17-7-9-19(10-8-17)29(26,27)24(14-18-5-3-11-28-18)13-16-12-15-4-1-2-6-20(15)23-21(16)25/h1-2,4,6-10,12,18H,3,5,11,13-14H2,(H,23,25)/t18-/m0/s1. The number of aromatic nitrogens is 1. The number of H-pyrrole nitrogens is 1. The van der Waals surface area contributed by atoms with Crippen molar-refractivity contribution in [2.75, 3.05) is 13.2 Å². The molecule has 0 radical (unpaired) electrons. The average Bonchev–Trinajstić information content (AvgIpc) is 3.21. The Morgan fingerprint density at radius 2 is 1.90 bits per heavy atom. The van der Waals surface area contributed by atoms with Crippen LogP contribution in [0.1, 0.15) is 18.4 Å². The number of sulfonamides is 1. The minimum absolute atomic E-state index is 0.0367. The Kier molecular flexibility index (Phi) is 5.74. The first-order chi connectivity index (χ1) is 13.9. The molecular weight excluding hydrogens is 412 g/mol. The van der Waals surface area contributed by atoms with Crippen molar-refractivity contribution >= 4 is 32.5 Å². The smallest absolute Gasteiger partial charge is 0.252 e. The summed E-state index contributed by atoms with van der Waals surface area (Å²) < 4.78 is 33.6. The molecule has 0 aliphatic carbocycles. The van der Waals surface area contributed by atoms with Crippen LogP contribution in [0.25, 0.3) is 10.9 Å². The van der Waals surface area contributed by atoms with Crippen molar-refractivity contribution in [3.8, 4) is 0 Å². The Labute approximate surface area is 174 Å². The summed E-state index contributed by atoms with van der Waals surface area (Å²) in [5.74, 6) is 0. The largest absolute Gasteiger partial charge is 0.377 e. The van der Waals surface area contributed by atoms with Gasteiger partial charge < -0.3 is 9.72 Å². The zero-order chi connectivity index (χ0) is 20.4. The van der Waals surface area contributed by atoms with Crippen LogP contribution < -0.4 is 5.56 Å². The van der Waals surface area contributed by atoms with Gasteiger partial charge in [0.25, 0.3) is 5.56 Å². The molecule has 0 spiro atoms. The summed E-state index contributed by atoms with van der Waals surface area (Å²) in [6.07, 6.45) is 1.51. The number of pyridine rings is 1. The maximum absolute atomic E-state index is 13.3. The van der Waals surface area contributed by atoms with Gasteiger partial charge in [0.2, 0.25) is 10.0 Å². The van der Waals surface area contributed by atoms with Gasteiger partial charge in [0.1, 0.15) is 0 Å². The summed E-state index contributed by atoms with van der Waals surface area (Å²) in [4.78, 5) is 15.6. The molecule has 1 saturated heterocycles. The second kappa shape index (κ2) is 8.28. The molecule has 1 aliphatic heterocycles. The maximum atomic E-state index is 13.3. The van der Waals surface area contributed by atoms with E-state index in [9.17, 15) is 13.2 Å². The molecule has 0 unspecified atom stereocenters. The summed E-state index contributed by atoms with van der Waals surface area (Å²) in [6, 6.07) is 15.2. The number of hydrogen-bond donors (Lipinski definition) is 1. The fraction of sp³-hybridized carbons (Fsp3) is 0.286. The van der Waals surface area contributed by atoms with Crippen LogP contribution in [0.5, 0.6) is 0 Å². The van der Waals surface area contributed by atoms with E-state index in [-0.39, 0.29) is 29.6 Å². The van der Waals surface area contributed by atoms with Gasteiger partial charge in [-0.05, 0) is 54.6 Å². The highest BCUT2D eigenvalue weighted by Crippen LogP contribution is 2.23. The lowest BCUT2D eigenvalue weighted by Gasteiger charge is -2.25. The molecule has 1 fully saturated rings. The number of ether oxygens (including phenoxy) is 1. The molecule has 4 rings (SSSR count). The quantitative estimate of drug-likeness (QED) is 0.646. The minimum atomic E-state index is -3.83. The van der Waals surface area contributed by atoms with Crippen LogP contribution in [-0.2, 0) is 21.3 Å². The van der Waals surface area contributed by atoms with Gasteiger partial charge in [-0.25, -0.2) is 8.42 Å². The third kappa shape index (κ3) is 4.38. The zero-order valence-corrected chi connectivity index (χ0v) is 17.2. The first-order valence-corrected chi connectivity index (χ1v) is 11.2. The van der Waals surface area contributed by atoms with Crippen molar-refractivity contribution in [3.05, 3.63) is 75.5 Å². The Hall–Kier alpha value is -2.19. The molecule has 3 aromatic rings. The van der Waals surface area contributed by atoms with E-state index < -0.39 is 10.0 Å². The van der Waals surface area contributed by atoms with E-state index in [0.29, 0.717) is 22.7 Å². The van der Waals surface area contributed by atoms with Gasteiger partial charge in [-0.3, -0.25) is 4.79 Å². The van der Waals surface area contributed by atoms with Crippen LogP contribution in [-0.4, -0.2) is 37.0 Å². The number of fused-ring (bicyclic) bond motifs is 1. The van der Waals surface area contributed by atoms with Crippen LogP contribution >= 0.6 is 11.6 Å². The van der Waals surface area contributed by atoms with Gasteiger partial charge in [0.05, 0.1) is 11.0 Å². The van der Waals surface area contributed by atoms with Crippen molar-refractivity contribution in [2.24, 2.45) is 0 Å². The van der Waals surface area contributed by atoms with E-state index in [1.165, 1.54) is 16.4 Å². The van der Waals surface area contributed by atoms with E-state index in [1.54, 1.807) is 18.2 Å². The highest BCUT2D eigenvalue weighted by atomic mass is 35.5. The topological polar surface area (TPSA) is 79.5 Å². The number of para-hydroxylation sites is 1. The van der Waals surface area contributed by atoms with Gasteiger partial charge in [0.15, 0.2) is 0 Å². The summed E-state index contributed by atoms with van der Waals surface area (Å²) in [7, 11) is -3.83. The Balaban J connectivity index is 1.71. The highest BCUT2D eigenvalue weighted by Gasteiger charge is 2.30. The van der Waals surface area contributed by atoms with Crippen molar-refractivity contribution < 1.29 is 13.2 Å². The second-order valence-electron chi connectivity index (χ2n) is 7.10. The lowest BCUT2D eigenvalue weighted by Crippen LogP contribution is -2.38. The van der Waals surface area contributed by atoms with Crippen molar-refractivity contribution in [1.82, 2.24) is 9.29 Å². The molecule has 1 aromatic heterocycles. The number of aromatic amines is 1. The summed E-state index contributed by atoms with van der Waals surface area (Å²) in [5, 5.41) is 1.31. The minimum Gasteiger partial charge on any atom is -0.377 e. The van der Waals surface area contributed by atoms with Crippen LogP contribution in [0.15, 0.2) is 64.3 Å². The molecule has 0 bridgehead atoms. The second-order valence-corrected chi connectivity index (χ2v) is 9.47. The SMILES string of the molecule is O=c1[nH]c2ccccc2cc1CN(C[C@@H]1CCCO1)S(=O)(=O)c1ccc(Cl)cc1. The van der Waals surface area contributed by atoms with Crippen molar-refractivity contribution in [1.29, 1.82) is 0 Å². The molecule has 1 N–H and O–H groups in total. The van der Waals surface area contributed by atoms with Crippen LogP contribution in [0.4, 0.5) is 0 Å².